The molecule has 1 atom stereocenters. The Hall–Kier alpha value is -5.48. The molecule has 0 saturated heterocycles. The van der Waals surface area contributed by atoms with Crippen molar-refractivity contribution < 1.29 is 23.7 Å². The van der Waals surface area contributed by atoms with Crippen molar-refractivity contribution in [3.05, 3.63) is 136 Å². The largest absolute Gasteiger partial charge is 0.497 e. The Labute approximate surface area is 238 Å². The minimum atomic E-state index is -0.546. The van der Waals surface area contributed by atoms with Crippen molar-refractivity contribution in [2.75, 3.05) is 7.11 Å². The number of carbonyl (C=O) groups is 1. The fraction of sp³-hybridized carbons (Fsp3) is 0.118. The van der Waals surface area contributed by atoms with Crippen LogP contribution in [0, 0.1) is 18.3 Å². The monoisotopic (exact) mass is 544 g/mol. The van der Waals surface area contributed by atoms with Crippen molar-refractivity contribution in [3.8, 4) is 29.1 Å². The predicted molar refractivity (Wildman–Crippen MR) is 155 cm³/mol. The Balaban J connectivity index is 1.31. The van der Waals surface area contributed by atoms with Crippen LogP contribution >= 0.6 is 0 Å². The normalized spacial score (nSPS) is 14.1. The molecule has 0 saturated carbocycles. The maximum atomic E-state index is 12.5. The van der Waals surface area contributed by atoms with E-state index in [-0.39, 0.29) is 5.88 Å². The number of nitrogens with two attached hydrogens (primary N) is 1. The fourth-order valence-corrected chi connectivity index (χ4v) is 4.48. The van der Waals surface area contributed by atoms with E-state index in [9.17, 15) is 10.1 Å². The number of fused-ring (bicyclic) bond motifs is 1. The summed E-state index contributed by atoms with van der Waals surface area (Å²) in [4.78, 5) is 12.5. The van der Waals surface area contributed by atoms with E-state index in [0.29, 0.717) is 29.4 Å². The second-order valence-corrected chi connectivity index (χ2v) is 9.50. The smallest absolute Gasteiger partial charge is 0.336 e. The Morgan fingerprint density at radius 2 is 1.63 bits per heavy atom. The van der Waals surface area contributed by atoms with Gasteiger partial charge in [-0.3, -0.25) is 0 Å². The number of ether oxygens (including phenoxy) is 4. The number of rotatable bonds is 8. The quantitative estimate of drug-likeness (QED) is 0.155. The van der Waals surface area contributed by atoms with Gasteiger partial charge in [0, 0.05) is 17.7 Å². The molecular weight excluding hydrogens is 516 g/mol. The number of methoxy groups -OCH3 is 1. The summed E-state index contributed by atoms with van der Waals surface area (Å²) in [5, 5.41) is 9.88. The predicted octanol–water partition coefficient (Wildman–Crippen LogP) is 6.42. The van der Waals surface area contributed by atoms with E-state index >= 15 is 0 Å². The molecule has 4 aromatic rings. The number of carbonyl (C=O) groups excluding carboxylic acids is 1. The third-order valence-corrected chi connectivity index (χ3v) is 6.68. The molecule has 1 aliphatic heterocycles. The van der Waals surface area contributed by atoms with Crippen molar-refractivity contribution in [2.24, 2.45) is 5.73 Å². The van der Waals surface area contributed by atoms with E-state index in [1.54, 1.807) is 31.4 Å². The maximum absolute atomic E-state index is 12.5. The highest BCUT2D eigenvalue weighted by Crippen LogP contribution is 2.43. The van der Waals surface area contributed by atoms with Crippen molar-refractivity contribution in [1.82, 2.24) is 0 Å². The van der Waals surface area contributed by atoms with Crippen LogP contribution in [-0.4, -0.2) is 13.1 Å². The SMILES string of the molecule is COc1ccc(/C=C/C(=O)Oc2ccc3c(c2)OC(N)=C(C#N)C3c2ccc(OCc3ccc(C)cc3)cc2)cc1. The van der Waals surface area contributed by atoms with Gasteiger partial charge in [0.25, 0.3) is 0 Å². The van der Waals surface area contributed by atoms with Gasteiger partial charge in [-0.1, -0.05) is 60.2 Å². The van der Waals surface area contributed by atoms with E-state index in [2.05, 4.69) is 18.2 Å². The van der Waals surface area contributed by atoms with Gasteiger partial charge in [0.2, 0.25) is 5.88 Å². The number of hydrogen-bond donors (Lipinski definition) is 1. The first kappa shape index (κ1) is 27.1. The molecule has 41 heavy (non-hydrogen) atoms. The van der Waals surface area contributed by atoms with Crippen LogP contribution in [0.2, 0.25) is 0 Å². The van der Waals surface area contributed by atoms with E-state index in [4.69, 9.17) is 24.7 Å². The van der Waals surface area contributed by atoms with Crippen molar-refractivity contribution >= 4 is 12.0 Å². The molecule has 0 aromatic heterocycles. The van der Waals surface area contributed by atoms with E-state index in [1.807, 2.05) is 67.6 Å². The molecule has 7 heteroatoms. The van der Waals surface area contributed by atoms with E-state index in [0.717, 1.165) is 28.0 Å². The molecule has 204 valence electrons. The lowest BCUT2D eigenvalue weighted by Crippen LogP contribution is -2.21. The van der Waals surface area contributed by atoms with Gasteiger partial charge >= 0.3 is 5.97 Å². The van der Waals surface area contributed by atoms with Crippen LogP contribution in [0.3, 0.4) is 0 Å². The molecule has 1 unspecified atom stereocenters. The molecule has 0 aliphatic carbocycles. The summed E-state index contributed by atoms with van der Waals surface area (Å²) in [6.45, 7) is 2.50. The van der Waals surface area contributed by atoms with Gasteiger partial charge in [0.05, 0.1) is 13.0 Å². The third kappa shape index (κ3) is 6.40. The highest BCUT2D eigenvalue weighted by Gasteiger charge is 2.31. The molecule has 0 spiro atoms. The standard InChI is InChI=1S/C34H28N2O5/c1-22-3-5-24(6-4-22)21-39-27-14-10-25(11-15-27)33-29-17-16-28(19-31(29)41-34(36)30(33)20-35)40-32(37)18-9-23-7-12-26(38-2)13-8-23/h3-19,33H,21,36H2,1-2H3/b18-9+. The summed E-state index contributed by atoms with van der Waals surface area (Å²) in [5.41, 5.74) is 11.1. The minimum absolute atomic E-state index is 0.00701. The number of aryl methyl sites for hydroxylation is 1. The van der Waals surface area contributed by atoms with Crippen LogP contribution in [0.25, 0.3) is 6.08 Å². The Morgan fingerprint density at radius 3 is 2.32 bits per heavy atom. The highest BCUT2D eigenvalue weighted by atomic mass is 16.5. The van der Waals surface area contributed by atoms with Gasteiger partial charge in [-0.25, -0.2) is 4.79 Å². The molecule has 0 bridgehead atoms. The van der Waals surface area contributed by atoms with Crippen LogP contribution < -0.4 is 24.7 Å². The number of esters is 1. The molecule has 5 rings (SSSR count). The third-order valence-electron chi connectivity index (χ3n) is 6.68. The van der Waals surface area contributed by atoms with Gasteiger partial charge in [-0.15, -0.1) is 0 Å². The average Bonchev–Trinajstić information content (AvgIpc) is 2.99. The molecule has 7 nitrogen and oxygen atoms in total. The van der Waals surface area contributed by atoms with E-state index in [1.165, 1.54) is 11.6 Å². The average molecular weight is 545 g/mol. The van der Waals surface area contributed by atoms with Crippen molar-refractivity contribution in [3.63, 3.8) is 0 Å². The van der Waals surface area contributed by atoms with Crippen LogP contribution in [0.5, 0.6) is 23.0 Å². The zero-order valence-electron chi connectivity index (χ0n) is 22.7. The Bertz CT molecular complexity index is 1650. The number of hydrogen-bond acceptors (Lipinski definition) is 7. The van der Waals surface area contributed by atoms with Gasteiger partial charge in [0.1, 0.15) is 41.2 Å². The lowest BCUT2D eigenvalue weighted by molar-refractivity contribution is -0.128. The first-order valence-corrected chi connectivity index (χ1v) is 13.0. The minimum Gasteiger partial charge on any atom is -0.497 e. The Morgan fingerprint density at radius 1 is 0.951 bits per heavy atom. The second-order valence-electron chi connectivity index (χ2n) is 9.50. The van der Waals surface area contributed by atoms with Gasteiger partial charge < -0.3 is 24.7 Å². The Kier molecular flexibility index (Phi) is 8.03. The maximum Gasteiger partial charge on any atom is 0.336 e. The number of benzene rings is 4. The highest BCUT2D eigenvalue weighted by molar-refractivity contribution is 5.88. The fourth-order valence-electron chi connectivity index (χ4n) is 4.48. The van der Waals surface area contributed by atoms with Crippen LogP contribution in [0.4, 0.5) is 0 Å². The van der Waals surface area contributed by atoms with Crippen molar-refractivity contribution in [2.45, 2.75) is 19.4 Å². The van der Waals surface area contributed by atoms with E-state index < -0.39 is 11.9 Å². The molecule has 0 radical (unpaired) electrons. The molecule has 2 N–H and O–H groups in total. The zero-order chi connectivity index (χ0) is 28.8. The summed E-state index contributed by atoms with van der Waals surface area (Å²) in [7, 11) is 1.59. The van der Waals surface area contributed by atoms with Crippen LogP contribution in [0.15, 0.2) is 109 Å². The summed E-state index contributed by atoms with van der Waals surface area (Å²) in [5.74, 6) is 1.16. The summed E-state index contributed by atoms with van der Waals surface area (Å²) in [6.07, 6.45) is 3.00. The molecule has 1 aliphatic rings. The molecule has 0 fully saturated rings. The summed E-state index contributed by atoms with van der Waals surface area (Å²) in [6, 6.07) is 30.3. The molecule has 1 heterocycles. The first-order chi connectivity index (χ1) is 19.9. The molecule has 0 amide bonds. The zero-order valence-corrected chi connectivity index (χ0v) is 22.7. The lowest BCUT2D eigenvalue weighted by Gasteiger charge is -2.26. The summed E-state index contributed by atoms with van der Waals surface area (Å²) < 4.78 is 22.4. The molecular formula is C34H28N2O5. The number of nitriles is 1. The van der Waals surface area contributed by atoms with Crippen LogP contribution in [0.1, 0.15) is 33.7 Å². The number of allylic oxidation sites excluding steroid dienone is 1. The summed E-state index contributed by atoms with van der Waals surface area (Å²) >= 11 is 0. The van der Waals surface area contributed by atoms with Gasteiger partial charge in [0.15, 0.2) is 0 Å². The lowest BCUT2D eigenvalue weighted by atomic mass is 9.83. The topological polar surface area (TPSA) is 104 Å². The van der Waals surface area contributed by atoms with Crippen molar-refractivity contribution in [1.29, 1.82) is 5.26 Å². The van der Waals surface area contributed by atoms with Gasteiger partial charge in [-0.2, -0.15) is 5.26 Å². The first-order valence-electron chi connectivity index (χ1n) is 13.0. The van der Waals surface area contributed by atoms with Gasteiger partial charge in [-0.05, 0) is 60.0 Å². The van der Waals surface area contributed by atoms with Crippen LogP contribution in [-0.2, 0) is 11.4 Å². The second kappa shape index (κ2) is 12.1. The molecule has 4 aromatic carbocycles. The number of nitrogens with zero attached hydrogens (tertiary/aromatic N) is 1.